The molecule has 2 rings (SSSR count). The summed E-state index contributed by atoms with van der Waals surface area (Å²) in [4.78, 5) is 12.3. The number of hydrogen-bond donors (Lipinski definition) is 1. The molecular formula is C11H14N2O5S. The third-order valence-electron chi connectivity index (χ3n) is 2.86. The van der Waals surface area contributed by atoms with E-state index in [2.05, 4.69) is 0 Å². The maximum absolute atomic E-state index is 10.9. The van der Waals surface area contributed by atoms with Crippen LogP contribution in [-0.2, 0) is 21.2 Å². The molecule has 0 spiro atoms. The molecule has 1 aromatic carbocycles. The predicted octanol–water partition coefficient (Wildman–Crippen LogP) is 0.543. The molecule has 0 radical (unpaired) electrons. The Labute approximate surface area is 111 Å². The van der Waals surface area contributed by atoms with Crippen LogP contribution >= 0.6 is 0 Å². The van der Waals surface area contributed by atoms with E-state index >= 15 is 0 Å². The van der Waals surface area contributed by atoms with E-state index in [0.29, 0.717) is 37.6 Å². The zero-order valence-electron chi connectivity index (χ0n) is 10.2. The van der Waals surface area contributed by atoms with Crippen molar-refractivity contribution in [2.24, 2.45) is 0 Å². The first-order valence-corrected chi connectivity index (χ1v) is 7.15. The molecule has 1 aliphatic heterocycles. The van der Waals surface area contributed by atoms with Gasteiger partial charge in [-0.05, 0) is 11.6 Å². The van der Waals surface area contributed by atoms with Crippen LogP contribution in [0.25, 0.3) is 0 Å². The summed E-state index contributed by atoms with van der Waals surface area (Å²) in [6.45, 7) is 2.41. The van der Waals surface area contributed by atoms with E-state index in [4.69, 9.17) is 4.74 Å². The van der Waals surface area contributed by atoms with Crippen LogP contribution in [0.4, 0.5) is 11.4 Å². The molecule has 0 N–H and O–H groups in total. The number of benzene rings is 1. The Kier molecular flexibility index (Phi) is 4.33. The smallest absolute Gasteiger partial charge is 0.271 e. The van der Waals surface area contributed by atoms with Crippen molar-refractivity contribution in [3.8, 4) is 0 Å². The summed E-state index contributed by atoms with van der Waals surface area (Å²) < 4.78 is 26.8. The molecule has 0 aromatic heterocycles. The average molecular weight is 286 g/mol. The topological polar surface area (TPSA) is 89.8 Å². The molecule has 1 fully saturated rings. The van der Waals surface area contributed by atoms with Crippen LogP contribution in [0.3, 0.4) is 0 Å². The number of thiol groups is 1. The molecule has 0 saturated carbocycles. The fourth-order valence-electron chi connectivity index (χ4n) is 2.01. The fraction of sp³-hybridized carbons (Fsp3) is 0.455. The summed E-state index contributed by atoms with van der Waals surface area (Å²) in [6, 6.07) is 4.45. The predicted molar refractivity (Wildman–Crippen MR) is 70.1 cm³/mol. The zero-order valence-corrected chi connectivity index (χ0v) is 11.0. The van der Waals surface area contributed by atoms with Gasteiger partial charge in [0.25, 0.3) is 5.69 Å². The molecule has 1 heterocycles. The molecule has 8 heteroatoms. The lowest BCUT2D eigenvalue weighted by Crippen LogP contribution is -2.36. The Morgan fingerprint density at radius 2 is 1.95 bits per heavy atom. The van der Waals surface area contributed by atoms with Crippen LogP contribution in [0.1, 0.15) is 5.56 Å². The number of non-ortho nitro benzene ring substituents is 1. The minimum absolute atomic E-state index is 0.0872. The van der Waals surface area contributed by atoms with Crippen molar-refractivity contribution < 1.29 is 18.1 Å². The Balaban J connectivity index is 2.35. The number of nitrogens with zero attached hydrogens (tertiary/aromatic N) is 2. The number of ether oxygens (including phenoxy) is 1. The van der Waals surface area contributed by atoms with Crippen molar-refractivity contribution in [1.82, 2.24) is 0 Å². The van der Waals surface area contributed by atoms with E-state index in [0.717, 1.165) is 0 Å². The Morgan fingerprint density at radius 3 is 2.53 bits per heavy atom. The molecule has 1 aromatic rings. The first kappa shape index (κ1) is 13.8. The summed E-state index contributed by atoms with van der Waals surface area (Å²) in [5.74, 6) is -0.186. The highest BCUT2D eigenvalue weighted by molar-refractivity contribution is 7.71. The van der Waals surface area contributed by atoms with Crippen LogP contribution in [0.5, 0.6) is 0 Å². The van der Waals surface area contributed by atoms with E-state index in [9.17, 15) is 18.5 Å². The molecule has 1 saturated heterocycles. The number of morpholine rings is 1. The Bertz CT molecular complexity index is 544. The van der Waals surface area contributed by atoms with Gasteiger partial charge in [-0.1, -0.05) is 0 Å². The molecule has 0 atom stereocenters. The van der Waals surface area contributed by atoms with Gasteiger partial charge in [0.2, 0.25) is 0 Å². The van der Waals surface area contributed by atoms with E-state index in [1.54, 1.807) is 6.07 Å². The van der Waals surface area contributed by atoms with Gasteiger partial charge in [-0.3, -0.25) is 10.1 Å². The van der Waals surface area contributed by atoms with Gasteiger partial charge in [-0.15, -0.1) is 0 Å². The standard InChI is InChI=1S/C11H14N2O5S/c14-13(15)11-6-9(8-19(16)17)5-10(7-11)12-1-3-18-4-2-12/h5-7,19H,1-4,8H2. The van der Waals surface area contributed by atoms with Gasteiger partial charge in [0.1, 0.15) is 10.7 Å². The van der Waals surface area contributed by atoms with Gasteiger partial charge in [0.05, 0.1) is 23.9 Å². The lowest BCUT2D eigenvalue weighted by atomic mass is 10.1. The van der Waals surface area contributed by atoms with Gasteiger partial charge in [-0.2, -0.15) is 0 Å². The second kappa shape index (κ2) is 5.98. The monoisotopic (exact) mass is 286 g/mol. The molecule has 1 aliphatic rings. The van der Waals surface area contributed by atoms with Crippen LogP contribution in [0.15, 0.2) is 18.2 Å². The molecule has 0 amide bonds. The summed E-state index contributed by atoms with van der Waals surface area (Å²) in [6.07, 6.45) is 0. The first-order valence-electron chi connectivity index (χ1n) is 5.79. The van der Waals surface area contributed by atoms with Crippen molar-refractivity contribution in [1.29, 1.82) is 0 Å². The van der Waals surface area contributed by atoms with Crippen molar-refractivity contribution >= 4 is 22.1 Å². The molecule has 0 unspecified atom stereocenters. The largest absolute Gasteiger partial charge is 0.378 e. The molecule has 104 valence electrons. The van der Waals surface area contributed by atoms with Crippen molar-refractivity contribution in [3.05, 3.63) is 33.9 Å². The molecule has 19 heavy (non-hydrogen) atoms. The molecule has 0 aliphatic carbocycles. The lowest BCUT2D eigenvalue weighted by Gasteiger charge is -2.29. The zero-order chi connectivity index (χ0) is 13.8. The van der Waals surface area contributed by atoms with Gasteiger partial charge in [-0.25, -0.2) is 8.42 Å². The number of nitro benzene ring substituents is 1. The van der Waals surface area contributed by atoms with Gasteiger partial charge >= 0.3 is 0 Å². The average Bonchev–Trinajstić information content (AvgIpc) is 2.38. The third kappa shape index (κ3) is 3.65. The summed E-state index contributed by atoms with van der Waals surface area (Å²) >= 11 is 0. The normalized spacial score (nSPS) is 15.7. The second-order valence-corrected chi connectivity index (χ2v) is 5.19. The van der Waals surface area contributed by atoms with Gasteiger partial charge < -0.3 is 9.64 Å². The SMILES string of the molecule is O=[N+]([O-])c1cc(C[SH](=O)=O)cc(N2CCOCC2)c1. The van der Waals surface area contributed by atoms with Crippen LogP contribution in [-0.4, -0.2) is 39.6 Å². The number of anilines is 1. The van der Waals surface area contributed by atoms with Crippen LogP contribution in [0, 0.1) is 10.1 Å². The quantitative estimate of drug-likeness (QED) is 0.493. The Hall–Kier alpha value is -1.67. The van der Waals surface area contributed by atoms with Gasteiger partial charge in [0.15, 0.2) is 0 Å². The van der Waals surface area contributed by atoms with Crippen LogP contribution in [0.2, 0.25) is 0 Å². The van der Waals surface area contributed by atoms with Gasteiger partial charge in [0, 0.05) is 30.9 Å². The lowest BCUT2D eigenvalue weighted by molar-refractivity contribution is -0.384. The van der Waals surface area contributed by atoms with Crippen LogP contribution < -0.4 is 4.90 Å². The molecular weight excluding hydrogens is 272 g/mol. The third-order valence-corrected chi connectivity index (χ3v) is 3.48. The van der Waals surface area contributed by atoms with E-state index < -0.39 is 15.6 Å². The fourth-order valence-corrected chi connectivity index (χ4v) is 2.49. The summed E-state index contributed by atoms with van der Waals surface area (Å²) in [5.41, 5.74) is 1.02. The maximum atomic E-state index is 10.9. The Morgan fingerprint density at radius 1 is 1.26 bits per heavy atom. The minimum atomic E-state index is -2.60. The minimum Gasteiger partial charge on any atom is -0.378 e. The van der Waals surface area contributed by atoms with E-state index in [1.807, 2.05) is 4.90 Å². The first-order chi connectivity index (χ1) is 9.06. The summed E-state index contributed by atoms with van der Waals surface area (Å²) in [7, 11) is -2.60. The summed E-state index contributed by atoms with van der Waals surface area (Å²) in [5, 5.41) is 10.9. The number of hydrogen-bond acceptors (Lipinski definition) is 6. The van der Waals surface area contributed by atoms with Crippen molar-refractivity contribution in [3.63, 3.8) is 0 Å². The maximum Gasteiger partial charge on any atom is 0.271 e. The highest BCUT2D eigenvalue weighted by Crippen LogP contribution is 2.25. The highest BCUT2D eigenvalue weighted by atomic mass is 32.2. The van der Waals surface area contributed by atoms with Crippen molar-refractivity contribution in [2.75, 3.05) is 31.2 Å². The highest BCUT2D eigenvalue weighted by Gasteiger charge is 2.16. The van der Waals surface area contributed by atoms with Crippen molar-refractivity contribution in [2.45, 2.75) is 5.75 Å². The number of nitro groups is 1. The molecule has 7 nitrogen and oxygen atoms in total. The molecule has 0 bridgehead atoms. The van der Waals surface area contributed by atoms with E-state index in [1.165, 1.54) is 12.1 Å². The second-order valence-electron chi connectivity index (χ2n) is 4.21. The van der Waals surface area contributed by atoms with E-state index in [-0.39, 0.29) is 11.4 Å². The number of rotatable bonds is 4.